The van der Waals surface area contributed by atoms with Gasteiger partial charge in [-0.25, -0.2) is 4.98 Å². The third-order valence-electron chi connectivity index (χ3n) is 4.27. The topological polar surface area (TPSA) is 51.2 Å². The van der Waals surface area contributed by atoms with Crippen molar-refractivity contribution < 1.29 is 9.53 Å². The molecule has 0 radical (unpaired) electrons. The van der Waals surface area contributed by atoms with Crippen LogP contribution in [0.15, 0.2) is 23.0 Å². The van der Waals surface area contributed by atoms with Gasteiger partial charge in [-0.15, -0.1) is 11.3 Å². The van der Waals surface area contributed by atoms with Gasteiger partial charge in [-0.3, -0.25) is 4.79 Å². The van der Waals surface area contributed by atoms with Gasteiger partial charge in [0.25, 0.3) is 5.91 Å². The highest BCUT2D eigenvalue weighted by Crippen LogP contribution is 2.31. The third-order valence-corrected chi connectivity index (χ3v) is 5.99. The number of hydrogen-bond acceptors (Lipinski definition) is 5. The summed E-state index contributed by atoms with van der Waals surface area (Å²) in [5.41, 5.74) is 0.893. The SMILES string of the molecule is COC1(CNC(=O)c2cnc(-c3ccsc3)s2)CCCCC1. The molecular formula is C16H20N2O2S2. The molecule has 0 unspecified atom stereocenters. The van der Waals surface area contributed by atoms with Crippen molar-refractivity contribution in [3.8, 4) is 10.6 Å². The van der Waals surface area contributed by atoms with Crippen LogP contribution in [0.5, 0.6) is 0 Å². The molecule has 118 valence electrons. The van der Waals surface area contributed by atoms with Gasteiger partial charge in [-0.1, -0.05) is 19.3 Å². The number of nitrogens with zero attached hydrogens (tertiary/aromatic N) is 1. The molecule has 6 heteroatoms. The van der Waals surface area contributed by atoms with Crippen molar-refractivity contribution in [2.24, 2.45) is 0 Å². The lowest BCUT2D eigenvalue weighted by atomic mass is 9.84. The number of rotatable bonds is 5. The van der Waals surface area contributed by atoms with Gasteiger partial charge in [-0.05, 0) is 24.3 Å². The number of hydrogen-bond donors (Lipinski definition) is 1. The average molecular weight is 336 g/mol. The molecule has 1 aliphatic carbocycles. The first-order valence-electron chi connectivity index (χ1n) is 7.54. The molecule has 1 amide bonds. The number of thiazole rings is 1. The van der Waals surface area contributed by atoms with E-state index in [-0.39, 0.29) is 11.5 Å². The van der Waals surface area contributed by atoms with Gasteiger partial charge in [-0.2, -0.15) is 11.3 Å². The van der Waals surface area contributed by atoms with Crippen molar-refractivity contribution in [1.82, 2.24) is 10.3 Å². The van der Waals surface area contributed by atoms with Gasteiger partial charge < -0.3 is 10.1 Å². The molecule has 0 spiro atoms. The van der Waals surface area contributed by atoms with E-state index >= 15 is 0 Å². The van der Waals surface area contributed by atoms with E-state index in [0.29, 0.717) is 11.4 Å². The van der Waals surface area contributed by atoms with Crippen molar-refractivity contribution in [3.05, 3.63) is 27.9 Å². The summed E-state index contributed by atoms with van der Waals surface area (Å²) in [5, 5.41) is 7.98. The molecule has 2 heterocycles. The number of amides is 1. The predicted octanol–water partition coefficient (Wildman–Crippen LogP) is 3.95. The number of carbonyl (C=O) groups excluding carboxylic acids is 1. The minimum atomic E-state index is -0.186. The number of aromatic nitrogens is 1. The van der Waals surface area contributed by atoms with Gasteiger partial charge >= 0.3 is 0 Å². The molecule has 1 saturated carbocycles. The van der Waals surface area contributed by atoms with Crippen LogP contribution in [0.2, 0.25) is 0 Å². The van der Waals surface area contributed by atoms with Crippen molar-refractivity contribution >= 4 is 28.6 Å². The maximum Gasteiger partial charge on any atom is 0.263 e. The number of nitrogens with one attached hydrogen (secondary N) is 1. The summed E-state index contributed by atoms with van der Waals surface area (Å²) in [7, 11) is 1.75. The maximum absolute atomic E-state index is 12.3. The molecule has 0 aliphatic heterocycles. The van der Waals surface area contributed by atoms with Gasteiger partial charge in [0, 0.05) is 24.6 Å². The first-order chi connectivity index (χ1) is 10.7. The minimum absolute atomic E-state index is 0.0546. The Hall–Kier alpha value is -1.24. The van der Waals surface area contributed by atoms with Crippen LogP contribution < -0.4 is 5.32 Å². The Kier molecular flexibility index (Phi) is 4.90. The quantitative estimate of drug-likeness (QED) is 0.899. The summed E-state index contributed by atoms with van der Waals surface area (Å²) < 4.78 is 5.70. The van der Waals surface area contributed by atoms with Crippen LogP contribution in [0, 0.1) is 0 Å². The number of thiophene rings is 1. The number of ether oxygens (including phenoxy) is 1. The van der Waals surface area contributed by atoms with Crippen LogP contribution in [0.4, 0.5) is 0 Å². The highest BCUT2D eigenvalue weighted by molar-refractivity contribution is 7.17. The Bertz CT molecular complexity index is 616. The van der Waals surface area contributed by atoms with Crippen molar-refractivity contribution in [3.63, 3.8) is 0 Å². The average Bonchev–Trinajstić information content (AvgIpc) is 3.24. The zero-order valence-electron chi connectivity index (χ0n) is 12.6. The summed E-state index contributed by atoms with van der Waals surface area (Å²) in [6, 6.07) is 2.02. The fourth-order valence-electron chi connectivity index (χ4n) is 2.88. The van der Waals surface area contributed by atoms with Crippen LogP contribution in [0.1, 0.15) is 41.8 Å². The van der Waals surface area contributed by atoms with Crippen molar-refractivity contribution in [2.45, 2.75) is 37.7 Å². The Balaban J connectivity index is 1.62. The molecule has 1 N–H and O–H groups in total. The van der Waals surface area contributed by atoms with Crippen LogP contribution >= 0.6 is 22.7 Å². The van der Waals surface area contributed by atoms with E-state index in [1.54, 1.807) is 24.6 Å². The highest BCUT2D eigenvalue weighted by Gasteiger charge is 2.32. The van der Waals surface area contributed by atoms with Crippen LogP contribution in [-0.4, -0.2) is 30.1 Å². The predicted molar refractivity (Wildman–Crippen MR) is 90.6 cm³/mol. The Labute approximate surface area is 138 Å². The van der Waals surface area contributed by atoms with E-state index in [9.17, 15) is 4.79 Å². The zero-order valence-corrected chi connectivity index (χ0v) is 14.3. The largest absolute Gasteiger partial charge is 0.376 e. The van der Waals surface area contributed by atoms with Gasteiger partial charge in [0.2, 0.25) is 0 Å². The fourth-order valence-corrected chi connectivity index (χ4v) is 4.42. The Morgan fingerprint density at radius 2 is 2.23 bits per heavy atom. The van der Waals surface area contributed by atoms with E-state index in [4.69, 9.17) is 4.74 Å². The summed E-state index contributed by atoms with van der Waals surface area (Å²) in [5.74, 6) is -0.0546. The molecule has 1 fully saturated rings. The monoisotopic (exact) mass is 336 g/mol. The van der Waals surface area contributed by atoms with Crippen LogP contribution in [0.3, 0.4) is 0 Å². The molecule has 22 heavy (non-hydrogen) atoms. The summed E-state index contributed by atoms with van der Waals surface area (Å²) in [6.45, 7) is 0.577. The van der Waals surface area contributed by atoms with E-state index in [1.807, 2.05) is 16.8 Å². The van der Waals surface area contributed by atoms with Crippen LogP contribution in [0.25, 0.3) is 10.6 Å². The lowest BCUT2D eigenvalue weighted by Crippen LogP contribution is -2.45. The molecule has 2 aromatic rings. The molecule has 0 saturated heterocycles. The second kappa shape index (κ2) is 6.89. The summed E-state index contributed by atoms with van der Waals surface area (Å²) in [6.07, 6.45) is 7.31. The van der Waals surface area contributed by atoms with Crippen LogP contribution in [-0.2, 0) is 4.74 Å². The normalized spacial score (nSPS) is 17.3. The van der Waals surface area contributed by atoms with Crippen molar-refractivity contribution in [2.75, 3.05) is 13.7 Å². The van der Waals surface area contributed by atoms with E-state index < -0.39 is 0 Å². The van der Waals surface area contributed by atoms with E-state index in [2.05, 4.69) is 10.3 Å². The first kappa shape index (κ1) is 15.6. The summed E-state index contributed by atoms with van der Waals surface area (Å²) in [4.78, 5) is 17.3. The third kappa shape index (κ3) is 3.39. The number of methoxy groups -OCH3 is 1. The molecule has 0 atom stereocenters. The molecule has 2 aromatic heterocycles. The van der Waals surface area contributed by atoms with Gasteiger partial charge in [0.05, 0.1) is 11.8 Å². The lowest BCUT2D eigenvalue weighted by molar-refractivity contribution is -0.0363. The van der Waals surface area contributed by atoms with E-state index in [1.165, 1.54) is 30.6 Å². The minimum Gasteiger partial charge on any atom is -0.376 e. The van der Waals surface area contributed by atoms with Gasteiger partial charge in [0.15, 0.2) is 0 Å². The molecule has 0 aromatic carbocycles. The van der Waals surface area contributed by atoms with Crippen molar-refractivity contribution in [1.29, 1.82) is 0 Å². The zero-order chi connectivity index (χ0) is 15.4. The Morgan fingerprint density at radius 1 is 1.41 bits per heavy atom. The fraction of sp³-hybridized carbons (Fsp3) is 0.500. The maximum atomic E-state index is 12.3. The lowest BCUT2D eigenvalue weighted by Gasteiger charge is -2.36. The molecule has 3 rings (SSSR count). The molecule has 1 aliphatic rings. The van der Waals surface area contributed by atoms with E-state index in [0.717, 1.165) is 23.4 Å². The Morgan fingerprint density at radius 3 is 2.91 bits per heavy atom. The molecule has 0 bridgehead atoms. The second-order valence-corrected chi connectivity index (χ2v) is 7.48. The standard InChI is InChI=1S/C16H20N2O2S2/c1-20-16(6-3-2-4-7-16)11-18-14(19)13-9-17-15(22-13)12-5-8-21-10-12/h5,8-10H,2-4,6-7,11H2,1H3,(H,18,19). The molecule has 4 nitrogen and oxygen atoms in total. The smallest absolute Gasteiger partial charge is 0.263 e. The van der Waals surface area contributed by atoms with Gasteiger partial charge in [0.1, 0.15) is 9.88 Å². The highest BCUT2D eigenvalue weighted by atomic mass is 32.1. The first-order valence-corrected chi connectivity index (χ1v) is 9.30. The summed E-state index contributed by atoms with van der Waals surface area (Å²) >= 11 is 3.07. The number of carbonyl (C=O) groups is 1. The molecular weight excluding hydrogens is 316 g/mol. The second-order valence-electron chi connectivity index (χ2n) is 5.67.